The highest BCUT2D eigenvalue weighted by Crippen LogP contribution is 2.55. The van der Waals surface area contributed by atoms with Crippen LogP contribution in [0, 0.1) is 6.92 Å². The zero-order chi connectivity index (χ0) is 23.5. The summed E-state index contributed by atoms with van der Waals surface area (Å²) in [5, 5.41) is 6.43. The van der Waals surface area contributed by atoms with E-state index in [0.29, 0.717) is 29.6 Å². The van der Waals surface area contributed by atoms with Crippen molar-refractivity contribution >= 4 is 43.1 Å². The van der Waals surface area contributed by atoms with Gasteiger partial charge in [0.2, 0.25) is 5.91 Å². The van der Waals surface area contributed by atoms with Gasteiger partial charge in [0.25, 0.3) is 0 Å². The molecule has 0 unspecified atom stereocenters. The molecule has 1 saturated carbocycles. The van der Waals surface area contributed by atoms with Crippen LogP contribution in [-0.4, -0.2) is 49.4 Å². The Hall–Kier alpha value is -2.12. The standard InChI is InChI=1S/C24H33ClN4O2Si/c1-15-8-9-18(25)19(12-15)27-22(31)29-14-16-17(23(29,2)3)13-26-20(16)28-21(30)24(10-7-11-24)32(4,5)6/h8-9,12H,7,10-11,13-14H2,1-6H3,(H,27,31)(H,26,28,30). The lowest BCUT2D eigenvalue weighted by molar-refractivity contribution is -0.125. The SMILES string of the molecule is Cc1ccc(Cl)c(NC(=O)N2CC3=C(CN=C3NC(=O)C3([Si](C)(C)C)CCC3)C2(C)C)c1. The van der Waals surface area contributed by atoms with E-state index in [9.17, 15) is 9.59 Å². The Morgan fingerprint density at radius 3 is 2.44 bits per heavy atom. The molecule has 0 saturated heterocycles. The molecule has 0 atom stereocenters. The first-order valence-electron chi connectivity index (χ1n) is 11.3. The van der Waals surface area contributed by atoms with Gasteiger partial charge in [-0.2, -0.15) is 0 Å². The third-order valence-corrected chi connectivity index (χ3v) is 11.6. The molecule has 0 aromatic heterocycles. The molecule has 6 nitrogen and oxygen atoms in total. The van der Waals surface area contributed by atoms with E-state index >= 15 is 0 Å². The van der Waals surface area contributed by atoms with Crippen LogP contribution < -0.4 is 10.6 Å². The number of aryl methyl sites for hydroxylation is 1. The average Bonchev–Trinajstić information content (AvgIpc) is 3.14. The zero-order valence-corrected chi connectivity index (χ0v) is 21.6. The number of amides is 3. The van der Waals surface area contributed by atoms with Crippen molar-refractivity contribution in [2.24, 2.45) is 4.99 Å². The zero-order valence-electron chi connectivity index (χ0n) is 19.9. The molecule has 1 aromatic rings. The summed E-state index contributed by atoms with van der Waals surface area (Å²) in [5.41, 5.74) is 3.19. The third kappa shape index (κ3) is 3.59. The van der Waals surface area contributed by atoms with E-state index in [2.05, 4.69) is 35.3 Å². The molecule has 32 heavy (non-hydrogen) atoms. The normalized spacial score (nSPS) is 21.1. The second-order valence-corrected chi connectivity index (χ2v) is 16.7. The highest BCUT2D eigenvalue weighted by molar-refractivity contribution is 6.82. The summed E-state index contributed by atoms with van der Waals surface area (Å²) in [6.07, 6.45) is 3.04. The van der Waals surface area contributed by atoms with Crippen molar-refractivity contribution < 1.29 is 9.59 Å². The molecule has 3 aliphatic rings. The Bertz CT molecular complexity index is 1050. The molecule has 4 rings (SSSR count). The minimum atomic E-state index is -1.68. The predicted molar refractivity (Wildman–Crippen MR) is 133 cm³/mol. The predicted octanol–water partition coefficient (Wildman–Crippen LogP) is 5.36. The number of hydrogen-bond donors (Lipinski definition) is 2. The van der Waals surface area contributed by atoms with Crippen molar-refractivity contribution in [3.05, 3.63) is 39.9 Å². The van der Waals surface area contributed by atoms with Crippen molar-refractivity contribution in [2.45, 2.75) is 70.3 Å². The van der Waals surface area contributed by atoms with Crippen molar-refractivity contribution in [2.75, 3.05) is 18.4 Å². The molecule has 0 spiro atoms. The first kappa shape index (κ1) is 23.0. The summed E-state index contributed by atoms with van der Waals surface area (Å²) in [5.74, 6) is 0.758. The smallest absolute Gasteiger partial charge is 0.311 e. The second-order valence-electron chi connectivity index (χ2n) is 10.8. The molecule has 0 radical (unpaired) electrons. The van der Waals surface area contributed by atoms with Crippen LogP contribution in [0.2, 0.25) is 29.7 Å². The van der Waals surface area contributed by atoms with Crippen molar-refractivity contribution in [3.63, 3.8) is 0 Å². The van der Waals surface area contributed by atoms with E-state index in [-0.39, 0.29) is 17.0 Å². The van der Waals surface area contributed by atoms with Crippen LogP contribution in [-0.2, 0) is 4.79 Å². The number of nitrogens with one attached hydrogen (secondary N) is 2. The van der Waals surface area contributed by atoms with Gasteiger partial charge in [0.15, 0.2) is 0 Å². The molecule has 2 heterocycles. The van der Waals surface area contributed by atoms with Gasteiger partial charge in [0.05, 0.1) is 37.4 Å². The van der Waals surface area contributed by atoms with Crippen LogP contribution in [0.3, 0.4) is 0 Å². The topological polar surface area (TPSA) is 73.8 Å². The number of aliphatic imine (C=N–C) groups is 1. The van der Waals surface area contributed by atoms with Crippen molar-refractivity contribution in [1.82, 2.24) is 10.2 Å². The molecule has 2 aliphatic heterocycles. The van der Waals surface area contributed by atoms with Gasteiger partial charge in [-0.3, -0.25) is 9.79 Å². The van der Waals surface area contributed by atoms with Gasteiger partial charge < -0.3 is 15.5 Å². The number of rotatable bonds is 3. The molecule has 1 aromatic carbocycles. The molecule has 172 valence electrons. The lowest BCUT2D eigenvalue weighted by atomic mass is 9.83. The van der Waals surface area contributed by atoms with Crippen LogP contribution in [0.5, 0.6) is 0 Å². The molecule has 3 amide bonds. The summed E-state index contributed by atoms with van der Waals surface area (Å²) < 4.78 is 0. The third-order valence-electron chi connectivity index (χ3n) is 7.69. The second kappa shape index (κ2) is 7.73. The summed E-state index contributed by atoms with van der Waals surface area (Å²) in [6.45, 7) is 13.8. The summed E-state index contributed by atoms with van der Waals surface area (Å²) >= 11 is 6.29. The van der Waals surface area contributed by atoms with E-state index in [1.807, 2.05) is 32.9 Å². The van der Waals surface area contributed by atoms with E-state index in [0.717, 1.165) is 36.0 Å². The Morgan fingerprint density at radius 2 is 1.84 bits per heavy atom. The van der Waals surface area contributed by atoms with E-state index in [4.69, 9.17) is 11.6 Å². The number of hydrogen-bond acceptors (Lipinski definition) is 3. The molecular weight excluding hydrogens is 440 g/mol. The summed E-state index contributed by atoms with van der Waals surface area (Å²) in [7, 11) is -1.68. The summed E-state index contributed by atoms with van der Waals surface area (Å²) in [6, 6.07) is 5.36. The Labute approximate surface area is 196 Å². The van der Waals surface area contributed by atoms with Gasteiger partial charge >= 0.3 is 6.03 Å². The van der Waals surface area contributed by atoms with E-state index in [1.54, 1.807) is 11.0 Å². The van der Waals surface area contributed by atoms with Gasteiger partial charge in [-0.25, -0.2) is 4.79 Å². The highest BCUT2D eigenvalue weighted by Gasteiger charge is 2.54. The van der Waals surface area contributed by atoms with Crippen molar-refractivity contribution in [1.29, 1.82) is 0 Å². The fraction of sp³-hybridized carbons (Fsp3) is 0.542. The first-order valence-corrected chi connectivity index (χ1v) is 15.2. The first-order chi connectivity index (χ1) is 14.9. The lowest BCUT2D eigenvalue weighted by Crippen LogP contribution is -2.55. The maximum Gasteiger partial charge on any atom is 0.322 e. The van der Waals surface area contributed by atoms with Gasteiger partial charge in [0.1, 0.15) is 5.84 Å². The number of carbonyl (C=O) groups excluding carboxylic acids is 2. The van der Waals surface area contributed by atoms with Crippen LogP contribution in [0.1, 0.15) is 38.7 Å². The summed E-state index contributed by atoms with van der Waals surface area (Å²) in [4.78, 5) is 33.0. The Kier molecular flexibility index (Phi) is 5.57. The van der Waals surface area contributed by atoms with Crippen LogP contribution >= 0.6 is 11.6 Å². The van der Waals surface area contributed by atoms with Gasteiger partial charge in [-0.15, -0.1) is 0 Å². The lowest BCUT2D eigenvalue weighted by Gasteiger charge is -2.49. The molecule has 1 aliphatic carbocycles. The maximum absolute atomic E-state index is 13.3. The number of anilines is 1. The molecule has 8 heteroatoms. The monoisotopic (exact) mass is 472 g/mol. The largest absolute Gasteiger partial charge is 0.322 e. The van der Waals surface area contributed by atoms with Gasteiger partial charge in [-0.1, -0.05) is 43.7 Å². The minimum absolute atomic E-state index is 0.114. The number of halogens is 1. The number of carbonyl (C=O) groups is 2. The number of nitrogens with zero attached hydrogens (tertiary/aromatic N) is 2. The quantitative estimate of drug-likeness (QED) is 0.581. The molecular formula is C24H33ClN4O2Si. The Morgan fingerprint density at radius 1 is 1.16 bits per heavy atom. The Balaban J connectivity index is 1.51. The number of urea groups is 1. The van der Waals surface area contributed by atoms with E-state index < -0.39 is 13.6 Å². The number of amidine groups is 1. The molecule has 0 bridgehead atoms. The minimum Gasteiger partial charge on any atom is -0.311 e. The maximum atomic E-state index is 13.3. The molecule has 2 N–H and O–H groups in total. The van der Waals surface area contributed by atoms with Crippen LogP contribution in [0.25, 0.3) is 0 Å². The van der Waals surface area contributed by atoms with E-state index in [1.165, 1.54) is 0 Å². The highest BCUT2D eigenvalue weighted by atomic mass is 35.5. The van der Waals surface area contributed by atoms with Gasteiger partial charge in [-0.05, 0) is 56.9 Å². The van der Waals surface area contributed by atoms with Crippen molar-refractivity contribution in [3.8, 4) is 0 Å². The van der Waals surface area contributed by atoms with Crippen LogP contribution in [0.4, 0.5) is 10.5 Å². The van der Waals surface area contributed by atoms with Crippen LogP contribution in [0.15, 0.2) is 34.3 Å². The number of benzene rings is 1. The molecule has 1 fully saturated rings. The fourth-order valence-corrected chi connectivity index (χ4v) is 7.94. The fourth-order valence-electron chi connectivity index (χ4n) is 5.18. The average molecular weight is 473 g/mol. The van der Waals surface area contributed by atoms with Gasteiger partial charge in [0, 0.05) is 10.6 Å².